The van der Waals surface area contributed by atoms with Crippen LogP contribution in [0.15, 0.2) is 16.9 Å². The van der Waals surface area contributed by atoms with E-state index in [1.54, 1.807) is 13.1 Å². The zero-order chi connectivity index (χ0) is 7.72. The smallest absolute Gasteiger partial charge is 0.250 e. The molecule has 0 fully saturated rings. The van der Waals surface area contributed by atoms with E-state index in [1.165, 1.54) is 10.6 Å². The predicted molar refractivity (Wildman–Crippen MR) is 40.8 cm³/mol. The van der Waals surface area contributed by atoms with Gasteiger partial charge in [-0.05, 0) is 13.0 Å². The lowest BCUT2D eigenvalue weighted by Crippen LogP contribution is -2.18. The van der Waals surface area contributed by atoms with Crippen molar-refractivity contribution in [1.82, 2.24) is 4.57 Å². The highest BCUT2D eigenvalue weighted by atomic mass is 16.1. The molecule has 3 nitrogen and oxygen atoms in total. The Bertz CT molecular complexity index is 301. The van der Waals surface area contributed by atoms with Crippen molar-refractivity contribution in [1.29, 1.82) is 0 Å². The third-order valence-corrected chi connectivity index (χ3v) is 1.66. The molecule has 0 unspecified atom stereocenters. The van der Waals surface area contributed by atoms with Crippen molar-refractivity contribution < 1.29 is 0 Å². The summed E-state index contributed by atoms with van der Waals surface area (Å²) < 4.78 is 1.52. The van der Waals surface area contributed by atoms with Gasteiger partial charge in [0.25, 0.3) is 5.56 Å². The van der Waals surface area contributed by atoms with E-state index >= 15 is 0 Å². The van der Waals surface area contributed by atoms with Crippen molar-refractivity contribution in [3.63, 3.8) is 0 Å². The number of nitrogen functional groups attached to an aromatic ring is 1. The summed E-state index contributed by atoms with van der Waals surface area (Å²) in [6, 6.07) is 3.08. The molecule has 1 aromatic heterocycles. The van der Waals surface area contributed by atoms with Gasteiger partial charge < -0.3 is 10.3 Å². The van der Waals surface area contributed by atoms with E-state index in [0.717, 1.165) is 5.69 Å². The van der Waals surface area contributed by atoms with Crippen LogP contribution in [0.4, 0.5) is 5.69 Å². The second-order valence-corrected chi connectivity index (χ2v) is 2.27. The van der Waals surface area contributed by atoms with Crippen molar-refractivity contribution >= 4 is 5.69 Å². The van der Waals surface area contributed by atoms with Gasteiger partial charge in [-0.15, -0.1) is 0 Å². The number of nitrogens with zero attached hydrogens (tertiary/aromatic N) is 1. The second-order valence-electron chi connectivity index (χ2n) is 2.27. The molecule has 1 heterocycles. The number of nitrogens with two attached hydrogens (primary N) is 1. The summed E-state index contributed by atoms with van der Waals surface area (Å²) in [6.45, 7) is 1.82. The molecule has 2 N–H and O–H groups in total. The summed E-state index contributed by atoms with van der Waals surface area (Å²) in [4.78, 5) is 10.9. The number of pyridine rings is 1. The molecule has 1 rings (SSSR count). The van der Waals surface area contributed by atoms with E-state index in [2.05, 4.69) is 0 Å². The Morgan fingerprint density at radius 3 is 2.60 bits per heavy atom. The van der Waals surface area contributed by atoms with Gasteiger partial charge in [-0.3, -0.25) is 4.79 Å². The number of aromatic nitrogens is 1. The number of hydrogen-bond donors (Lipinski definition) is 1. The van der Waals surface area contributed by atoms with Crippen LogP contribution in [0.5, 0.6) is 0 Å². The highest BCUT2D eigenvalue weighted by Gasteiger charge is 1.96. The Morgan fingerprint density at radius 1 is 1.50 bits per heavy atom. The van der Waals surface area contributed by atoms with E-state index < -0.39 is 0 Å². The molecule has 10 heavy (non-hydrogen) atoms. The van der Waals surface area contributed by atoms with Gasteiger partial charge in [0.2, 0.25) is 0 Å². The SMILES string of the molecule is Cc1c(N)ccc(=O)n1C. The number of rotatable bonds is 0. The van der Waals surface area contributed by atoms with Crippen molar-refractivity contribution in [2.75, 3.05) is 5.73 Å². The maximum atomic E-state index is 10.9. The average molecular weight is 138 g/mol. The van der Waals surface area contributed by atoms with Crippen LogP contribution in [-0.2, 0) is 7.05 Å². The standard InChI is InChI=1S/C7H10N2O/c1-5-6(8)3-4-7(10)9(5)2/h3-4H,8H2,1-2H3. The molecule has 0 saturated heterocycles. The summed E-state index contributed by atoms with van der Waals surface area (Å²) >= 11 is 0. The molecule has 0 radical (unpaired) electrons. The summed E-state index contributed by atoms with van der Waals surface area (Å²) in [7, 11) is 1.70. The Kier molecular flexibility index (Phi) is 1.49. The lowest BCUT2D eigenvalue weighted by molar-refractivity contribution is 0.822. The van der Waals surface area contributed by atoms with Crippen LogP contribution in [-0.4, -0.2) is 4.57 Å². The topological polar surface area (TPSA) is 48.0 Å². The molecule has 0 amide bonds. The minimum Gasteiger partial charge on any atom is -0.397 e. The fourth-order valence-corrected chi connectivity index (χ4v) is 0.752. The average Bonchev–Trinajstić information content (AvgIpc) is 1.93. The van der Waals surface area contributed by atoms with Gasteiger partial charge in [0.15, 0.2) is 0 Å². The monoisotopic (exact) mass is 138 g/mol. The summed E-state index contributed by atoms with van der Waals surface area (Å²) in [6.07, 6.45) is 0. The summed E-state index contributed by atoms with van der Waals surface area (Å²) in [5.74, 6) is 0. The van der Waals surface area contributed by atoms with Crippen LogP contribution in [0.25, 0.3) is 0 Å². The molecule has 0 aliphatic heterocycles. The van der Waals surface area contributed by atoms with Gasteiger partial charge in [-0.2, -0.15) is 0 Å². The minimum atomic E-state index is -0.0216. The van der Waals surface area contributed by atoms with Gasteiger partial charge in [-0.25, -0.2) is 0 Å². The Morgan fingerprint density at radius 2 is 2.10 bits per heavy atom. The molecule has 0 aromatic carbocycles. The zero-order valence-electron chi connectivity index (χ0n) is 6.09. The van der Waals surface area contributed by atoms with Gasteiger partial charge in [0.05, 0.1) is 5.69 Å². The molecule has 1 aromatic rings. The number of anilines is 1. The molecule has 0 bridgehead atoms. The quantitative estimate of drug-likeness (QED) is 0.559. The lowest BCUT2D eigenvalue weighted by Gasteiger charge is -2.03. The number of hydrogen-bond acceptors (Lipinski definition) is 2. The normalized spacial score (nSPS) is 9.80. The maximum Gasteiger partial charge on any atom is 0.250 e. The van der Waals surface area contributed by atoms with E-state index in [4.69, 9.17) is 5.73 Å². The zero-order valence-corrected chi connectivity index (χ0v) is 6.09. The van der Waals surface area contributed by atoms with Crippen LogP contribution in [0.1, 0.15) is 5.69 Å². The molecular weight excluding hydrogens is 128 g/mol. The fraction of sp³-hybridized carbons (Fsp3) is 0.286. The predicted octanol–water partition coefficient (Wildman–Crippen LogP) is 0.276. The van der Waals surface area contributed by atoms with Crippen LogP contribution >= 0.6 is 0 Å². The van der Waals surface area contributed by atoms with E-state index in [0.29, 0.717) is 5.69 Å². The van der Waals surface area contributed by atoms with Crippen LogP contribution in [0, 0.1) is 6.92 Å². The Labute approximate surface area is 59.1 Å². The van der Waals surface area contributed by atoms with Crippen LogP contribution in [0.3, 0.4) is 0 Å². The molecule has 0 aliphatic carbocycles. The van der Waals surface area contributed by atoms with Crippen molar-refractivity contribution in [3.05, 3.63) is 28.2 Å². The lowest BCUT2D eigenvalue weighted by atomic mass is 10.3. The van der Waals surface area contributed by atoms with Crippen molar-refractivity contribution in [2.45, 2.75) is 6.92 Å². The first-order chi connectivity index (χ1) is 4.63. The first-order valence-corrected chi connectivity index (χ1v) is 3.05. The third-order valence-electron chi connectivity index (χ3n) is 1.66. The van der Waals surface area contributed by atoms with Crippen molar-refractivity contribution in [3.8, 4) is 0 Å². The highest BCUT2D eigenvalue weighted by Crippen LogP contribution is 2.03. The second kappa shape index (κ2) is 2.17. The molecule has 0 saturated carbocycles. The minimum absolute atomic E-state index is 0.0216. The molecule has 0 aliphatic rings. The van der Waals surface area contributed by atoms with Gasteiger partial charge in [0.1, 0.15) is 0 Å². The third kappa shape index (κ3) is 0.900. The molecule has 0 spiro atoms. The Balaban J connectivity index is 3.49. The Hall–Kier alpha value is -1.25. The summed E-state index contributed by atoms with van der Waals surface area (Å²) in [5.41, 5.74) is 6.98. The summed E-state index contributed by atoms with van der Waals surface area (Å²) in [5, 5.41) is 0. The van der Waals surface area contributed by atoms with E-state index in [9.17, 15) is 4.79 Å². The van der Waals surface area contributed by atoms with Crippen molar-refractivity contribution in [2.24, 2.45) is 7.05 Å². The fourth-order valence-electron chi connectivity index (χ4n) is 0.752. The first-order valence-electron chi connectivity index (χ1n) is 3.05. The van der Waals surface area contributed by atoms with Gasteiger partial charge in [0, 0.05) is 18.8 Å². The van der Waals surface area contributed by atoms with Gasteiger partial charge >= 0.3 is 0 Å². The van der Waals surface area contributed by atoms with Gasteiger partial charge in [-0.1, -0.05) is 0 Å². The largest absolute Gasteiger partial charge is 0.397 e. The van der Waals surface area contributed by atoms with Crippen LogP contribution < -0.4 is 11.3 Å². The van der Waals surface area contributed by atoms with E-state index in [1.807, 2.05) is 6.92 Å². The first kappa shape index (κ1) is 6.86. The highest BCUT2D eigenvalue weighted by molar-refractivity contribution is 5.41. The molecule has 0 atom stereocenters. The van der Waals surface area contributed by atoms with Crippen LogP contribution in [0.2, 0.25) is 0 Å². The molecule has 3 heteroatoms. The molecule has 54 valence electrons. The maximum absolute atomic E-state index is 10.9. The molecular formula is C7H10N2O. The van der Waals surface area contributed by atoms with E-state index in [-0.39, 0.29) is 5.56 Å².